The second kappa shape index (κ2) is 7.39. The van der Waals surface area contributed by atoms with Crippen molar-refractivity contribution in [2.24, 2.45) is 0 Å². The lowest BCUT2D eigenvalue weighted by atomic mass is 10.0. The summed E-state index contributed by atoms with van der Waals surface area (Å²) in [5.74, 6) is -0.202. The minimum Gasteiger partial charge on any atom is -0.363 e. The van der Waals surface area contributed by atoms with Gasteiger partial charge in [-0.25, -0.2) is 9.18 Å². The van der Waals surface area contributed by atoms with Crippen molar-refractivity contribution in [3.8, 4) is 0 Å². The molecule has 5 rings (SSSR count). The number of hydrogen-bond acceptors (Lipinski definition) is 3. The third-order valence-electron chi connectivity index (χ3n) is 6.17. The number of nitrogens with zero attached hydrogens (tertiary/aromatic N) is 2. The van der Waals surface area contributed by atoms with Gasteiger partial charge >= 0.3 is 6.03 Å². The van der Waals surface area contributed by atoms with Gasteiger partial charge in [0.25, 0.3) is 0 Å². The van der Waals surface area contributed by atoms with Gasteiger partial charge in [-0.05, 0) is 61.9 Å². The molecule has 1 aromatic heterocycles. The van der Waals surface area contributed by atoms with Gasteiger partial charge in [0, 0.05) is 24.0 Å². The third kappa shape index (κ3) is 3.41. The molecule has 7 heteroatoms. The standard InChI is InChI=1S/C22H24FN5O/c23-18-11-14(7-10-21(18)28-15-3-1-4-16(28)9-8-15)12-24-22(29)26-19-5-2-6-20-17(19)13-25-27-20/h2,5-7,10-11,13,15-16H,1,3-4,8-9,12H2,(H,25,27)(H2,24,26,29)/t15-,16+. The Morgan fingerprint density at radius 1 is 1.17 bits per heavy atom. The summed E-state index contributed by atoms with van der Waals surface area (Å²) in [5, 5.41) is 13.3. The van der Waals surface area contributed by atoms with Gasteiger partial charge in [0.2, 0.25) is 0 Å². The van der Waals surface area contributed by atoms with E-state index in [-0.39, 0.29) is 18.4 Å². The average Bonchev–Trinajstić information content (AvgIpc) is 3.29. The number of fused-ring (bicyclic) bond motifs is 3. The first-order valence-electron chi connectivity index (χ1n) is 10.2. The van der Waals surface area contributed by atoms with Gasteiger partial charge in [-0.1, -0.05) is 12.1 Å². The monoisotopic (exact) mass is 393 g/mol. The molecule has 0 radical (unpaired) electrons. The highest BCUT2D eigenvalue weighted by Crippen LogP contribution is 2.40. The van der Waals surface area contributed by atoms with Crippen LogP contribution < -0.4 is 15.5 Å². The van der Waals surface area contributed by atoms with Crippen molar-refractivity contribution in [2.75, 3.05) is 10.2 Å². The van der Waals surface area contributed by atoms with E-state index >= 15 is 0 Å². The predicted molar refractivity (Wildman–Crippen MR) is 111 cm³/mol. The van der Waals surface area contributed by atoms with E-state index in [2.05, 4.69) is 25.7 Å². The number of halogens is 1. The fourth-order valence-corrected chi connectivity index (χ4v) is 4.81. The zero-order chi connectivity index (χ0) is 19.8. The molecular weight excluding hydrogens is 369 g/mol. The Morgan fingerprint density at radius 2 is 2.00 bits per heavy atom. The van der Waals surface area contributed by atoms with Gasteiger partial charge in [0.05, 0.1) is 23.1 Å². The molecule has 2 amide bonds. The molecule has 29 heavy (non-hydrogen) atoms. The van der Waals surface area contributed by atoms with E-state index in [9.17, 15) is 9.18 Å². The number of nitrogens with one attached hydrogen (secondary N) is 3. The highest BCUT2D eigenvalue weighted by molar-refractivity contribution is 6.00. The van der Waals surface area contributed by atoms with Crippen LogP contribution in [0.1, 0.15) is 37.7 Å². The molecule has 0 spiro atoms. The van der Waals surface area contributed by atoms with Gasteiger partial charge in [0.1, 0.15) is 5.82 Å². The van der Waals surface area contributed by atoms with Gasteiger partial charge in [-0.3, -0.25) is 5.10 Å². The number of piperidine rings is 1. The quantitative estimate of drug-likeness (QED) is 0.609. The molecule has 2 aromatic carbocycles. The number of aromatic amines is 1. The molecule has 2 atom stereocenters. The number of urea groups is 1. The second-order valence-corrected chi connectivity index (χ2v) is 7.95. The average molecular weight is 393 g/mol. The van der Waals surface area contributed by atoms with E-state index in [1.165, 1.54) is 6.42 Å². The van der Waals surface area contributed by atoms with E-state index < -0.39 is 0 Å². The highest BCUT2D eigenvalue weighted by Gasteiger charge is 2.37. The largest absolute Gasteiger partial charge is 0.363 e. The maximum absolute atomic E-state index is 14.8. The maximum atomic E-state index is 14.8. The lowest BCUT2D eigenvalue weighted by Crippen LogP contribution is -2.40. The van der Waals surface area contributed by atoms with Crippen LogP contribution in [0, 0.1) is 5.82 Å². The van der Waals surface area contributed by atoms with Crippen LogP contribution in [0.15, 0.2) is 42.6 Å². The number of hydrogen-bond donors (Lipinski definition) is 3. The van der Waals surface area contributed by atoms with E-state index in [0.29, 0.717) is 23.5 Å². The first kappa shape index (κ1) is 18.0. The summed E-state index contributed by atoms with van der Waals surface area (Å²) in [7, 11) is 0. The van der Waals surface area contributed by atoms with Crippen molar-refractivity contribution in [3.05, 3.63) is 54.0 Å². The molecule has 3 N–H and O–H groups in total. The molecule has 6 nitrogen and oxygen atoms in total. The van der Waals surface area contributed by atoms with Crippen LogP contribution in [0.25, 0.3) is 10.9 Å². The fourth-order valence-electron chi connectivity index (χ4n) is 4.81. The topological polar surface area (TPSA) is 73.1 Å². The minimum atomic E-state index is -0.336. The lowest BCUT2D eigenvalue weighted by molar-refractivity contribution is 0.251. The molecule has 2 fully saturated rings. The molecule has 2 aliphatic heterocycles. The van der Waals surface area contributed by atoms with Crippen LogP contribution in [0.3, 0.4) is 0 Å². The van der Waals surface area contributed by atoms with Crippen molar-refractivity contribution in [2.45, 2.75) is 50.7 Å². The van der Waals surface area contributed by atoms with Crippen molar-refractivity contribution in [1.82, 2.24) is 15.5 Å². The summed E-state index contributed by atoms with van der Waals surface area (Å²) in [4.78, 5) is 14.6. The van der Waals surface area contributed by atoms with E-state index in [4.69, 9.17) is 0 Å². The van der Waals surface area contributed by atoms with E-state index in [1.54, 1.807) is 12.3 Å². The van der Waals surface area contributed by atoms with Crippen molar-refractivity contribution in [3.63, 3.8) is 0 Å². The molecule has 150 valence electrons. The van der Waals surface area contributed by atoms with Crippen molar-refractivity contribution >= 4 is 28.3 Å². The van der Waals surface area contributed by atoms with Crippen molar-refractivity contribution in [1.29, 1.82) is 0 Å². The Balaban J connectivity index is 1.24. The molecule has 2 bridgehead atoms. The number of carbonyl (C=O) groups excluding carboxylic acids is 1. The number of carbonyl (C=O) groups is 1. The highest BCUT2D eigenvalue weighted by atomic mass is 19.1. The summed E-state index contributed by atoms with van der Waals surface area (Å²) in [6.07, 6.45) is 7.56. The van der Waals surface area contributed by atoms with Crippen LogP contribution in [0.2, 0.25) is 0 Å². The van der Waals surface area contributed by atoms with E-state index in [0.717, 1.165) is 42.1 Å². The fraction of sp³-hybridized carbons (Fsp3) is 0.364. The van der Waals surface area contributed by atoms with Crippen LogP contribution >= 0.6 is 0 Å². The van der Waals surface area contributed by atoms with Crippen LogP contribution in [-0.4, -0.2) is 28.3 Å². The zero-order valence-corrected chi connectivity index (χ0v) is 16.1. The Bertz CT molecular complexity index is 1030. The first-order chi connectivity index (χ1) is 14.2. The Hall–Kier alpha value is -3.09. The summed E-state index contributed by atoms with van der Waals surface area (Å²) in [5.41, 5.74) is 2.98. The van der Waals surface area contributed by atoms with Crippen LogP contribution in [0.5, 0.6) is 0 Å². The SMILES string of the molecule is O=C(NCc1ccc(N2[C@@H]3CCC[C@H]2CC3)c(F)c1)Nc1cccc2[nH]ncc12. The minimum absolute atomic E-state index is 0.202. The second-order valence-electron chi connectivity index (χ2n) is 7.95. The number of rotatable bonds is 4. The summed E-state index contributed by atoms with van der Waals surface area (Å²) in [6.45, 7) is 0.261. The van der Waals surface area contributed by atoms with Crippen LogP contribution in [-0.2, 0) is 6.54 Å². The normalized spacial score (nSPS) is 20.8. The Morgan fingerprint density at radius 3 is 2.79 bits per heavy atom. The summed E-state index contributed by atoms with van der Waals surface area (Å²) in [6, 6.07) is 11.5. The predicted octanol–water partition coefficient (Wildman–Crippen LogP) is 4.55. The number of H-pyrrole nitrogens is 1. The molecular formula is C22H24FN5O. The molecule has 0 saturated carbocycles. The molecule has 0 unspecified atom stereocenters. The third-order valence-corrected chi connectivity index (χ3v) is 6.17. The number of amides is 2. The Labute approximate surface area is 168 Å². The van der Waals surface area contributed by atoms with Gasteiger partial charge < -0.3 is 15.5 Å². The molecule has 2 aliphatic rings. The van der Waals surface area contributed by atoms with Crippen LogP contribution in [0.4, 0.5) is 20.6 Å². The van der Waals surface area contributed by atoms with Gasteiger partial charge in [-0.15, -0.1) is 0 Å². The Kier molecular flexibility index (Phi) is 4.58. The molecule has 2 saturated heterocycles. The maximum Gasteiger partial charge on any atom is 0.319 e. The molecule has 3 heterocycles. The smallest absolute Gasteiger partial charge is 0.319 e. The summed E-state index contributed by atoms with van der Waals surface area (Å²) < 4.78 is 14.8. The van der Waals surface area contributed by atoms with Crippen molar-refractivity contribution < 1.29 is 9.18 Å². The van der Waals surface area contributed by atoms with E-state index in [1.807, 2.05) is 30.3 Å². The zero-order valence-electron chi connectivity index (χ0n) is 16.1. The first-order valence-corrected chi connectivity index (χ1v) is 10.2. The molecule has 3 aromatic rings. The van der Waals surface area contributed by atoms with Gasteiger partial charge in [-0.2, -0.15) is 5.10 Å². The number of anilines is 2. The lowest BCUT2D eigenvalue weighted by Gasteiger charge is -2.37. The molecule has 0 aliphatic carbocycles. The number of aromatic nitrogens is 2. The van der Waals surface area contributed by atoms with Gasteiger partial charge in [0.15, 0.2) is 0 Å². The number of benzene rings is 2. The summed E-state index contributed by atoms with van der Waals surface area (Å²) >= 11 is 0.